The number of carbonyl (C=O) groups excluding carboxylic acids is 3. The van der Waals surface area contributed by atoms with E-state index in [0.717, 1.165) is 43.0 Å². The van der Waals surface area contributed by atoms with E-state index < -0.39 is 17.4 Å². The number of phenolic OH excluding ortho intramolecular Hbond substituents is 1. The summed E-state index contributed by atoms with van der Waals surface area (Å²) in [5, 5.41) is 13.7. The van der Waals surface area contributed by atoms with Crippen molar-refractivity contribution >= 4 is 40.3 Å². The third kappa shape index (κ3) is 6.73. The Bertz CT molecular complexity index is 1800. The van der Waals surface area contributed by atoms with Gasteiger partial charge in [0, 0.05) is 50.1 Å². The third-order valence-corrected chi connectivity index (χ3v) is 9.00. The van der Waals surface area contributed by atoms with E-state index in [0.29, 0.717) is 31.1 Å². The Morgan fingerprint density at radius 2 is 1.73 bits per heavy atom. The molecule has 0 spiro atoms. The monoisotopic (exact) mass is 627 g/mol. The van der Waals surface area contributed by atoms with Gasteiger partial charge in [0.2, 0.25) is 11.8 Å². The topological polar surface area (TPSA) is 120 Å². The quantitative estimate of drug-likeness (QED) is 0.283. The molecule has 0 radical (unpaired) electrons. The van der Waals surface area contributed by atoms with Gasteiger partial charge in [-0.2, -0.15) is 0 Å². The molecule has 3 amide bonds. The lowest BCUT2D eigenvalue weighted by Crippen LogP contribution is -2.51. The average Bonchev–Trinajstić information content (AvgIpc) is 3.46. The molecule has 10 heteroatoms. The zero-order chi connectivity index (χ0) is 31.5. The minimum atomic E-state index is -0.936. The number of piperidine rings is 1. The Morgan fingerprint density at radius 3 is 2.47 bits per heavy atom. The lowest BCUT2D eigenvalue weighted by molar-refractivity contribution is -0.134. The number of nitrogens with zero attached hydrogens (tertiary/aromatic N) is 2. The average molecular weight is 628 g/mol. The first kappa shape index (κ1) is 30.4. The van der Waals surface area contributed by atoms with Crippen LogP contribution in [0.25, 0.3) is 11.0 Å². The van der Waals surface area contributed by atoms with Gasteiger partial charge < -0.3 is 24.6 Å². The maximum Gasteiger partial charge on any atom is 0.287 e. The number of hydrogen-bond acceptors (Lipinski definition) is 6. The molecule has 1 aromatic heterocycles. The van der Waals surface area contributed by atoms with Crippen LogP contribution in [0.4, 0.5) is 0 Å². The predicted octanol–water partition coefficient (Wildman–Crippen LogP) is 5.02. The van der Waals surface area contributed by atoms with Crippen molar-refractivity contribution in [3.05, 3.63) is 110 Å². The first-order chi connectivity index (χ1) is 21.8. The van der Waals surface area contributed by atoms with Gasteiger partial charge in [-0.25, -0.2) is 0 Å². The van der Waals surface area contributed by atoms with Gasteiger partial charge in [0.1, 0.15) is 6.04 Å². The van der Waals surface area contributed by atoms with E-state index >= 15 is 0 Å². The second-order valence-electron chi connectivity index (χ2n) is 11.7. The second-order valence-corrected chi connectivity index (χ2v) is 12.1. The summed E-state index contributed by atoms with van der Waals surface area (Å²) in [5.74, 6) is -1.09. The fourth-order valence-electron chi connectivity index (χ4n) is 6.34. The molecule has 2 aliphatic heterocycles. The number of halogens is 1. The normalized spacial score (nSPS) is 16.2. The summed E-state index contributed by atoms with van der Waals surface area (Å²) in [5.41, 5.74) is 2.59. The molecular weight excluding hydrogens is 594 g/mol. The summed E-state index contributed by atoms with van der Waals surface area (Å²) < 4.78 is 5.63. The van der Waals surface area contributed by atoms with Crippen LogP contribution in [0.5, 0.6) is 5.75 Å². The summed E-state index contributed by atoms with van der Waals surface area (Å²) in [4.78, 5) is 56.0. The first-order valence-corrected chi connectivity index (χ1v) is 15.6. The van der Waals surface area contributed by atoms with E-state index in [-0.39, 0.29) is 46.6 Å². The number of nitrogens with one attached hydrogen (secondary N) is 1. The van der Waals surface area contributed by atoms with Crippen LogP contribution in [0.3, 0.4) is 0 Å². The van der Waals surface area contributed by atoms with Crippen molar-refractivity contribution in [3.63, 3.8) is 0 Å². The van der Waals surface area contributed by atoms with Gasteiger partial charge in [-0.3, -0.25) is 19.2 Å². The smallest absolute Gasteiger partial charge is 0.287 e. The largest absolute Gasteiger partial charge is 0.504 e. The number of phenols is 1. The van der Waals surface area contributed by atoms with Gasteiger partial charge in [-0.1, -0.05) is 54.1 Å². The molecule has 3 aromatic carbocycles. The maximum absolute atomic E-state index is 14.0. The highest BCUT2D eigenvalue weighted by molar-refractivity contribution is 6.30. The van der Waals surface area contributed by atoms with E-state index in [4.69, 9.17) is 16.0 Å². The highest BCUT2D eigenvalue weighted by Gasteiger charge is 2.32. The molecule has 1 unspecified atom stereocenters. The van der Waals surface area contributed by atoms with Crippen LogP contribution in [0, 0.1) is 0 Å². The molecule has 1 atom stereocenters. The van der Waals surface area contributed by atoms with Crippen LogP contribution >= 0.6 is 11.6 Å². The van der Waals surface area contributed by atoms with Gasteiger partial charge in [0.05, 0.1) is 5.39 Å². The minimum absolute atomic E-state index is 0.0906. The standard InChI is InChI=1S/C35H34ClN3O6/c36-25-12-10-22(11-13-25)19-28(37-34(43)31-20-30(41)27-7-3-8-29(40)33(27)45-31)35(44)38-17-14-23(15-18-38)26-6-2-1-5-24(26)21-39-16-4-9-32(39)42/h1-3,5-8,10-13,20,23,28,40H,4,9,14-19,21H2,(H,37,43). The Morgan fingerprint density at radius 1 is 0.978 bits per heavy atom. The molecule has 2 saturated heterocycles. The molecule has 3 heterocycles. The first-order valence-electron chi connectivity index (χ1n) is 15.2. The van der Waals surface area contributed by atoms with Crippen LogP contribution < -0.4 is 10.7 Å². The summed E-state index contributed by atoms with van der Waals surface area (Å²) >= 11 is 6.08. The van der Waals surface area contributed by atoms with Crippen LogP contribution in [-0.2, 0) is 22.6 Å². The molecule has 0 bridgehead atoms. The Labute approximate surface area is 265 Å². The number of aromatic hydroxyl groups is 1. The molecule has 0 aliphatic carbocycles. The number of likely N-dealkylation sites (tertiary alicyclic amines) is 2. The Kier molecular flexibility index (Phi) is 8.89. The molecule has 45 heavy (non-hydrogen) atoms. The predicted molar refractivity (Wildman–Crippen MR) is 170 cm³/mol. The molecule has 2 aliphatic rings. The van der Waals surface area contributed by atoms with E-state index in [2.05, 4.69) is 17.4 Å². The van der Waals surface area contributed by atoms with E-state index in [1.54, 1.807) is 29.2 Å². The number of benzene rings is 3. The van der Waals surface area contributed by atoms with Crippen molar-refractivity contribution in [3.8, 4) is 5.75 Å². The number of para-hydroxylation sites is 1. The van der Waals surface area contributed by atoms with Crippen LogP contribution in [0.1, 0.15) is 58.8 Å². The summed E-state index contributed by atoms with van der Waals surface area (Å²) in [7, 11) is 0. The summed E-state index contributed by atoms with van der Waals surface area (Å²) in [6, 6.07) is 19.8. The minimum Gasteiger partial charge on any atom is -0.504 e. The Balaban J connectivity index is 1.19. The number of carbonyl (C=O) groups is 3. The van der Waals surface area contributed by atoms with E-state index in [1.165, 1.54) is 23.8 Å². The van der Waals surface area contributed by atoms with Gasteiger partial charge >= 0.3 is 0 Å². The fraction of sp³-hybridized carbons (Fsp3) is 0.314. The van der Waals surface area contributed by atoms with Gasteiger partial charge in [-0.15, -0.1) is 0 Å². The number of hydrogen-bond donors (Lipinski definition) is 2. The highest BCUT2D eigenvalue weighted by atomic mass is 35.5. The number of amides is 3. The summed E-state index contributed by atoms with van der Waals surface area (Å²) in [6.45, 7) is 2.40. The zero-order valence-electron chi connectivity index (χ0n) is 24.7. The molecular formula is C35H34ClN3O6. The molecule has 232 valence electrons. The second kappa shape index (κ2) is 13.2. The maximum atomic E-state index is 14.0. The highest BCUT2D eigenvalue weighted by Crippen LogP contribution is 2.32. The van der Waals surface area contributed by atoms with Crippen molar-refractivity contribution in [1.82, 2.24) is 15.1 Å². The summed E-state index contributed by atoms with van der Waals surface area (Å²) in [6.07, 6.45) is 3.20. The van der Waals surface area contributed by atoms with Gasteiger partial charge in [0.15, 0.2) is 22.5 Å². The van der Waals surface area contributed by atoms with Gasteiger partial charge in [0.25, 0.3) is 5.91 Å². The van der Waals surface area contributed by atoms with Crippen molar-refractivity contribution in [2.24, 2.45) is 0 Å². The van der Waals surface area contributed by atoms with Gasteiger partial charge in [-0.05, 0) is 66.1 Å². The number of fused-ring (bicyclic) bond motifs is 1. The van der Waals surface area contributed by atoms with Crippen molar-refractivity contribution < 1.29 is 23.9 Å². The fourth-order valence-corrected chi connectivity index (χ4v) is 6.47. The van der Waals surface area contributed by atoms with Crippen LogP contribution in [0.2, 0.25) is 5.02 Å². The van der Waals surface area contributed by atoms with Crippen molar-refractivity contribution in [2.45, 2.75) is 50.6 Å². The van der Waals surface area contributed by atoms with E-state index in [9.17, 15) is 24.3 Å². The van der Waals surface area contributed by atoms with Crippen LogP contribution in [-0.4, -0.2) is 58.3 Å². The zero-order valence-corrected chi connectivity index (χ0v) is 25.5. The lowest BCUT2D eigenvalue weighted by atomic mass is 9.86. The number of rotatable bonds is 8. The molecule has 0 saturated carbocycles. The molecule has 4 aromatic rings. The van der Waals surface area contributed by atoms with Crippen molar-refractivity contribution in [2.75, 3.05) is 19.6 Å². The lowest BCUT2D eigenvalue weighted by Gasteiger charge is -2.35. The molecule has 2 fully saturated rings. The molecule has 2 N–H and O–H groups in total. The van der Waals surface area contributed by atoms with Crippen LogP contribution in [0.15, 0.2) is 82.0 Å². The third-order valence-electron chi connectivity index (χ3n) is 8.75. The van der Waals surface area contributed by atoms with E-state index in [1.807, 2.05) is 17.0 Å². The SMILES string of the molecule is O=C(NC(Cc1ccc(Cl)cc1)C(=O)N1CCC(c2ccccc2CN2CCCC2=O)CC1)c1cc(=O)c2cccc(O)c2o1. The molecule has 6 rings (SSSR count). The Hall–Kier alpha value is -4.63. The molecule has 9 nitrogen and oxygen atoms in total. The van der Waals surface area contributed by atoms with Crippen molar-refractivity contribution in [1.29, 1.82) is 0 Å².